The maximum absolute atomic E-state index is 5.36. The Hall–Kier alpha value is -1.01. The van der Waals surface area contributed by atoms with E-state index in [1.54, 1.807) is 25.6 Å². The highest BCUT2D eigenvalue weighted by atomic mass is 79.9. The van der Waals surface area contributed by atoms with Crippen LogP contribution in [-0.2, 0) is 0 Å². The maximum Gasteiger partial charge on any atom is 0.183 e. The minimum absolute atomic E-state index is 0.728. The summed E-state index contributed by atoms with van der Waals surface area (Å²) in [5.41, 5.74) is 0.855. The first kappa shape index (κ1) is 13.4. The SMILES string of the molecule is CCCNc1nc2c(OC)cc(OC)c(Br)c2s1. The van der Waals surface area contributed by atoms with Crippen molar-refractivity contribution < 1.29 is 9.47 Å². The Balaban J connectivity index is 2.54. The summed E-state index contributed by atoms with van der Waals surface area (Å²) >= 11 is 5.14. The summed E-state index contributed by atoms with van der Waals surface area (Å²) in [6.07, 6.45) is 1.07. The normalized spacial score (nSPS) is 10.7. The van der Waals surface area contributed by atoms with Gasteiger partial charge in [-0.2, -0.15) is 0 Å². The fourth-order valence-corrected chi connectivity index (χ4v) is 3.25. The second kappa shape index (κ2) is 5.75. The smallest absolute Gasteiger partial charge is 0.183 e. The monoisotopic (exact) mass is 330 g/mol. The van der Waals surface area contributed by atoms with Gasteiger partial charge in [-0.15, -0.1) is 0 Å². The highest BCUT2D eigenvalue weighted by Crippen LogP contribution is 2.43. The van der Waals surface area contributed by atoms with E-state index in [1.165, 1.54) is 0 Å². The van der Waals surface area contributed by atoms with Crippen molar-refractivity contribution in [2.75, 3.05) is 26.1 Å². The second-order valence-electron chi connectivity index (χ2n) is 3.72. The second-order valence-corrected chi connectivity index (χ2v) is 5.51. The summed E-state index contributed by atoms with van der Waals surface area (Å²) in [5, 5.41) is 4.19. The number of hydrogen-bond donors (Lipinski definition) is 1. The number of benzene rings is 1. The van der Waals surface area contributed by atoms with E-state index in [1.807, 2.05) is 6.07 Å². The predicted octanol–water partition coefficient (Wildman–Crippen LogP) is 3.90. The van der Waals surface area contributed by atoms with Crippen molar-refractivity contribution in [3.8, 4) is 11.5 Å². The molecule has 1 heterocycles. The molecule has 0 radical (unpaired) electrons. The first-order chi connectivity index (χ1) is 8.71. The quantitative estimate of drug-likeness (QED) is 0.902. The van der Waals surface area contributed by atoms with Gasteiger partial charge in [0.1, 0.15) is 17.0 Å². The van der Waals surface area contributed by atoms with E-state index < -0.39 is 0 Å². The first-order valence-corrected chi connectivity index (χ1v) is 7.27. The molecule has 0 spiro atoms. The summed E-state index contributed by atoms with van der Waals surface area (Å²) in [4.78, 5) is 4.55. The Kier molecular flexibility index (Phi) is 4.29. The molecule has 0 atom stereocenters. The number of thiazole rings is 1. The Morgan fingerprint density at radius 1 is 1.33 bits per heavy atom. The number of ether oxygens (including phenoxy) is 2. The summed E-state index contributed by atoms with van der Waals surface area (Å²) in [6.45, 7) is 3.04. The van der Waals surface area contributed by atoms with E-state index in [2.05, 4.69) is 33.2 Å². The number of halogens is 1. The van der Waals surface area contributed by atoms with Gasteiger partial charge >= 0.3 is 0 Å². The van der Waals surface area contributed by atoms with Crippen molar-refractivity contribution >= 4 is 42.6 Å². The van der Waals surface area contributed by atoms with Gasteiger partial charge in [0, 0.05) is 12.6 Å². The summed E-state index contributed by atoms with van der Waals surface area (Å²) in [6, 6.07) is 1.84. The Morgan fingerprint density at radius 2 is 2.06 bits per heavy atom. The molecule has 4 nitrogen and oxygen atoms in total. The number of fused-ring (bicyclic) bond motifs is 1. The molecule has 1 N–H and O–H groups in total. The number of anilines is 1. The van der Waals surface area contributed by atoms with Crippen molar-refractivity contribution in [3.63, 3.8) is 0 Å². The van der Waals surface area contributed by atoms with Crippen molar-refractivity contribution in [3.05, 3.63) is 10.5 Å². The average molecular weight is 331 g/mol. The molecule has 1 aromatic carbocycles. The highest BCUT2D eigenvalue weighted by molar-refractivity contribution is 9.10. The molecule has 0 unspecified atom stereocenters. The third-order valence-electron chi connectivity index (χ3n) is 2.50. The van der Waals surface area contributed by atoms with Crippen molar-refractivity contribution in [1.82, 2.24) is 4.98 Å². The van der Waals surface area contributed by atoms with Gasteiger partial charge in [-0.1, -0.05) is 18.3 Å². The van der Waals surface area contributed by atoms with E-state index in [4.69, 9.17) is 9.47 Å². The molecule has 0 aliphatic heterocycles. The van der Waals surface area contributed by atoms with Crippen LogP contribution in [0.1, 0.15) is 13.3 Å². The summed E-state index contributed by atoms with van der Waals surface area (Å²) in [7, 11) is 3.28. The largest absolute Gasteiger partial charge is 0.495 e. The van der Waals surface area contributed by atoms with Crippen LogP contribution >= 0.6 is 27.3 Å². The molecule has 0 bridgehead atoms. The zero-order valence-corrected chi connectivity index (χ0v) is 12.9. The number of nitrogens with one attached hydrogen (secondary N) is 1. The molecule has 0 aliphatic carbocycles. The minimum atomic E-state index is 0.728. The molecular formula is C12H15BrN2O2S. The lowest BCUT2D eigenvalue weighted by Gasteiger charge is -2.07. The van der Waals surface area contributed by atoms with Crippen LogP contribution < -0.4 is 14.8 Å². The standard InChI is InChI=1S/C12H15BrN2O2S/c1-4-5-14-12-15-10-8(17-3)6-7(16-2)9(13)11(10)18-12/h6H,4-5H2,1-3H3,(H,14,15). The topological polar surface area (TPSA) is 43.4 Å². The van der Waals surface area contributed by atoms with Crippen LogP contribution in [0.25, 0.3) is 10.2 Å². The molecule has 98 valence electrons. The van der Waals surface area contributed by atoms with Crippen LogP contribution in [0.5, 0.6) is 11.5 Å². The number of hydrogen-bond acceptors (Lipinski definition) is 5. The van der Waals surface area contributed by atoms with Crippen molar-refractivity contribution in [1.29, 1.82) is 0 Å². The molecule has 0 saturated carbocycles. The summed E-state index contributed by atoms with van der Waals surface area (Å²) in [5.74, 6) is 1.48. The lowest BCUT2D eigenvalue weighted by Crippen LogP contribution is -1.98. The lowest BCUT2D eigenvalue weighted by atomic mass is 10.3. The Bertz CT molecular complexity index is 556. The van der Waals surface area contributed by atoms with Crippen molar-refractivity contribution in [2.24, 2.45) is 0 Å². The van der Waals surface area contributed by atoms with Gasteiger partial charge in [0.05, 0.1) is 23.4 Å². The maximum atomic E-state index is 5.36. The van der Waals surface area contributed by atoms with Gasteiger partial charge in [-0.05, 0) is 22.4 Å². The zero-order valence-electron chi connectivity index (χ0n) is 10.5. The first-order valence-electron chi connectivity index (χ1n) is 5.66. The third kappa shape index (κ3) is 2.40. The van der Waals surface area contributed by atoms with Crippen LogP contribution in [0.4, 0.5) is 5.13 Å². The van der Waals surface area contributed by atoms with Crippen LogP contribution in [0, 0.1) is 0 Å². The van der Waals surface area contributed by atoms with E-state index >= 15 is 0 Å². The van der Waals surface area contributed by atoms with Gasteiger partial charge in [0.2, 0.25) is 0 Å². The minimum Gasteiger partial charge on any atom is -0.495 e. The lowest BCUT2D eigenvalue weighted by molar-refractivity contribution is 0.396. The third-order valence-corrected chi connectivity index (χ3v) is 4.58. The fourth-order valence-electron chi connectivity index (χ4n) is 1.61. The molecule has 2 rings (SSSR count). The van der Waals surface area contributed by atoms with E-state index in [-0.39, 0.29) is 0 Å². The Morgan fingerprint density at radius 3 is 2.67 bits per heavy atom. The molecule has 0 saturated heterocycles. The van der Waals surface area contributed by atoms with Gasteiger partial charge in [-0.25, -0.2) is 4.98 Å². The van der Waals surface area contributed by atoms with E-state index in [0.717, 1.165) is 44.3 Å². The van der Waals surface area contributed by atoms with Gasteiger partial charge in [0.25, 0.3) is 0 Å². The number of nitrogens with zero attached hydrogens (tertiary/aromatic N) is 1. The zero-order chi connectivity index (χ0) is 13.1. The number of methoxy groups -OCH3 is 2. The van der Waals surface area contributed by atoms with Gasteiger partial charge in [-0.3, -0.25) is 0 Å². The average Bonchev–Trinajstić information content (AvgIpc) is 2.81. The van der Waals surface area contributed by atoms with Gasteiger partial charge < -0.3 is 14.8 Å². The van der Waals surface area contributed by atoms with Crippen LogP contribution in [0.3, 0.4) is 0 Å². The van der Waals surface area contributed by atoms with Gasteiger partial charge in [0.15, 0.2) is 5.13 Å². The highest BCUT2D eigenvalue weighted by Gasteiger charge is 2.16. The summed E-state index contributed by atoms with van der Waals surface area (Å²) < 4.78 is 12.6. The fraction of sp³-hybridized carbons (Fsp3) is 0.417. The molecule has 0 fully saturated rings. The molecule has 18 heavy (non-hydrogen) atoms. The van der Waals surface area contributed by atoms with Crippen LogP contribution in [0.15, 0.2) is 10.5 Å². The van der Waals surface area contributed by atoms with Crippen LogP contribution in [-0.4, -0.2) is 25.7 Å². The van der Waals surface area contributed by atoms with E-state index in [0.29, 0.717) is 0 Å². The molecule has 6 heteroatoms. The van der Waals surface area contributed by atoms with Crippen LogP contribution in [0.2, 0.25) is 0 Å². The molecule has 0 aliphatic rings. The molecule has 2 aromatic rings. The Labute approximate surface area is 118 Å². The van der Waals surface area contributed by atoms with E-state index in [9.17, 15) is 0 Å². The number of aromatic nitrogens is 1. The predicted molar refractivity (Wildman–Crippen MR) is 79.2 cm³/mol. The number of rotatable bonds is 5. The molecular weight excluding hydrogens is 316 g/mol. The molecule has 0 amide bonds. The molecule has 1 aromatic heterocycles. The van der Waals surface area contributed by atoms with Crippen molar-refractivity contribution in [2.45, 2.75) is 13.3 Å².